The van der Waals surface area contributed by atoms with Gasteiger partial charge in [0.15, 0.2) is 5.16 Å². The first-order valence-electron chi connectivity index (χ1n) is 7.01. The van der Waals surface area contributed by atoms with E-state index >= 15 is 0 Å². The molecule has 0 bridgehead atoms. The van der Waals surface area contributed by atoms with Crippen LogP contribution < -0.4 is 16.2 Å². The van der Waals surface area contributed by atoms with Gasteiger partial charge in [-0.05, 0) is 30.2 Å². The SMILES string of the molecule is CSc1nc(NN)cc(N2CCCc3ccccc3C2)n1. The highest BCUT2D eigenvalue weighted by Crippen LogP contribution is 2.25. The zero-order chi connectivity index (χ0) is 14.7. The first-order valence-corrected chi connectivity index (χ1v) is 8.24. The van der Waals surface area contributed by atoms with E-state index in [9.17, 15) is 0 Å². The molecule has 3 N–H and O–H groups in total. The number of benzene rings is 1. The number of aromatic nitrogens is 2. The average Bonchev–Trinajstić information content (AvgIpc) is 2.76. The summed E-state index contributed by atoms with van der Waals surface area (Å²) < 4.78 is 0. The number of fused-ring (bicyclic) bond motifs is 1. The van der Waals surface area contributed by atoms with E-state index in [-0.39, 0.29) is 0 Å². The quantitative estimate of drug-likeness (QED) is 0.393. The van der Waals surface area contributed by atoms with E-state index in [1.165, 1.54) is 22.9 Å². The van der Waals surface area contributed by atoms with Gasteiger partial charge < -0.3 is 10.3 Å². The third-order valence-electron chi connectivity index (χ3n) is 3.70. The van der Waals surface area contributed by atoms with Crippen molar-refractivity contribution in [1.29, 1.82) is 0 Å². The standard InChI is InChI=1S/C15H19N5S/c1-21-15-17-13(19-16)9-14(18-15)20-8-4-7-11-5-2-3-6-12(11)10-20/h2-3,5-6,9H,4,7-8,10,16H2,1H3,(H,17,18,19). The van der Waals surface area contributed by atoms with E-state index < -0.39 is 0 Å². The van der Waals surface area contributed by atoms with Crippen LogP contribution >= 0.6 is 11.8 Å². The number of nitrogen functional groups attached to an aromatic ring is 1. The van der Waals surface area contributed by atoms with Crippen LogP contribution in [0.25, 0.3) is 0 Å². The number of nitrogens with two attached hydrogens (primary N) is 1. The van der Waals surface area contributed by atoms with Crippen molar-refractivity contribution in [1.82, 2.24) is 9.97 Å². The molecule has 2 heterocycles. The van der Waals surface area contributed by atoms with Crippen LogP contribution in [0, 0.1) is 0 Å². The Labute approximate surface area is 128 Å². The number of rotatable bonds is 3. The second kappa shape index (κ2) is 6.32. The number of aryl methyl sites for hydroxylation is 1. The molecule has 1 aliphatic rings. The zero-order valence-electron chi connectivity index (χ0n) is 12.0. The number of hydrogen-bond acceptors (Lipinski definition) is 6. The Morgan fingerprint density at radius 1 is 1.24 bits per heavy atom. The molecule has 0 saturated heterocycles. The molecule has 110 valence electrons. The first kappa shape index (κ1) is 14.2. The molecule has 0 amide bonds. The number of nitrogens with one attached hydrogen (secondary N) is 1. The number of thioether (sulfide) groups is 1. The molecular formula is C15H19N5S. The van der Waals surface area contributed by atoms with E-state index in [1.807, 2.05) is 12.3 Å². The van der Waals surface area contributed by atoms with Gasteiger partial charge in [0.2, 0.25) is 0 Å². The van der Waals surface area contributed by atoms with Crippen molar-refractivity contribution in [2.45, 2.75) is 24.5 Å². The maximum absolute atomic E-state index is 5.51. The molecule has 0 fully saturated rings. The molecule has 5 nitrogen and oxygen atoms in total. The van der Waals surface area contributed by atoms with Gasteiger partial charge in [0, 0.05) is 19.2 Å². The number of hydrazine groups is 1. The van der Waals surface area contributed by atoms with Crippen LogP contribution in [0.15, 0.2) is 35.5 Å². The van der Waals surface area contributed by atoms with E-state index in [2.05, 4.69) is 44.6 Å². The van der Waals surface area contributed by atoms with Gasteiger partial charge in [0.1, 0.15) is 11.6 Å². The van der Waals surface area contributed by atoms with E-state index in [0.717, 1.165) is 36.9 Å². The number of hydrogen-bond donors (Lipinski definition) is 2. The minimum absolute atomic E-state index is 0.655. The van der Waals surface area contributed by atoms with Gasteiger partial charge in [-0.25, -0.2) is 15.8 Å². The van der Waals surface area contributed by atoms with Gasteiger partial charge in [-0.15, -0.1) is 0 Å². The van der Waals surface area contributed by atoms with Gasteiger partial charge in [-0.3, -0.25) is 0 Å². The molecule has 3 rings (SSSR count). The molecular weight excluding hydrogens is 282 g/mol. The summed E-state index contributed by atoms with van der Waals surface area (Å²) in [5.74, 6) is 7.10. The smallest absolute Gasteiger partial charge is 0.191 e. The average molecular weight is 301 g/mol. The highest BCUT2D eigenvalue weighted by molar-refractivity contribution is 7.98. The minimum Gasteiger partial charge on any atom is -0.352 e. The normalized spacial score (nSPS) is 14.5. The van der Waals surface area contributed by atoms with Gasteiger partial charge in [0.25, 0.3) is 0 Å². The Hall–Kier alpha value is -1.79. The third-order valence-corrected chi connectivity index (χ3v) is 4.25. The Bertz CT molecular complexity index is 609. The maximum atomic E-state index is 5.51. The molecule has 0 aliphatic carbocycles. The first-order chi connectivity index (χ1) is 10.3. The molecule has 0 spiro atoms. The monoisotopic (exact) mass is 301 g/mol. The molecule has 1 aliphatic heterocycles. The molecule has 0 radical (unpaired) electrons. The predicted molar refractivity (Wildman–Crippen MR) is 87.4 cm³/mol. The molecule has 0 unspecified atom stereocenters. The molecule has 0 saturated carbocycles. The van der Waals surface area contributed by atoms with Gasteiger partial charge in [-0.1, -0.05) is 36.0 Å². The second-order valence-corrected chi connectivity index (χ2v) is 5.81. The van der Waals surface area contributed by atoms with Crippen molar-refractivity contribution in [2.24, 2.45) is 5.84 Å². The largest absolute Gasteiger partial charge is 0.352 e. The van der Waals surface area contributed by atoms with Crippen LogP contribution in [-0.2, 0) is 13.0 Å². The zero-order valence-corrected chi connectivity index (χ0v) is 12.9. The molecule has 6 heteroatoms. The van der Waals surface area contributed by atoms with Crippen molar-refractivity contribution in [2.75, 3.05) is 23.1 Å². The summed E-state index contributed by atoms with van der Waals surface area (Å²) >= 11 is 1.52. The van der Waals surface area contributed by atoms with E-state index in [4.69, 9.17) is 5.84 Å². The Morgan fingerprint density at radius 3 is 2.81 bits per heavy atom. The lowest BCUT2D eigenvalue weighted by Gasteiger charge is -2.22. The van der Waals surface area contributed by atoms with Crippen LogP contribution in [0.3, 0.4) is 0 Å². The fourth-order valence-corrected chi connectivity index (χ4v) is 3.01. The second-order valence-electron chi connectivity index (χ2n) is 5.04. The van der Waals surface area contributed by atoms with Gasteiger partial charge in [0.05, 0.1) is 0 Å². The van der Waals surface area contributed by atoms with Crippen LogP contribution in [0.1, 0.15) is 17.5 Å². The van der Waals surface area contributed by atoms with Gasteiger partial charge in [-0.2, -0.15) is 0 Å². The van der Waals surface area contributed by atoms with E-state index in [0.29, 0.717) is 5.82 Å². The topological polar surface area (TPSA) is 67.1 Å². The minimum atomic E-state index is 0.655. The van der Waals surface area contributed by atoms with Crippen LogP contribution in [-0.4, -0.2) is 22.8 Å². The summed E-state index contributed by atoms with van der Waals surface area (Å²) in [6.45, 7) is 1.87. The van der Waals surface area contributed by atoms with Crippen molar-refractivity contribution in [3.05, 3.63) is 41.5 Å². The molecule has 2 aromatic rings. The predicted octanol–water partition coefficient (Wildman–Crippen LogP) is 2.44. The highest BCUT2D eigenvalue weighted by Gasteiger charge is 2.16. The van der Waals surface area contributed by atoms with Crippen molar-refractivity contribution < 1.29 is 0 Å². The summed E-state index contributed by atoms with van der Waals surface area (Å²) in [6, 6.07) is 10.5. The summed E-state index contributed by atoms with van der Waals surface area (Å²) in [4.78, 5) is 11.2. The van der Waals surface area contributed by atoms with Crippen molar-refractivity contribution >= 4 is 23.4 Å². The fraction of sp³-hybridized carbons (Fsp3) is 0.333. The summed E-state index contributed by atoms with van der Waals surface area (Å²) in [5, 5.41) is 0.734. The van der Waals surface area contributed by atoms with Gasteiger partial charge >= 0.3 is 0 Å². The van der Waals surface area contributed by atoms with Crippen molar-refractivity contribution in [3.8, 4) is 0 Å². The lowest BCUT2D eigenvalue weighted by atomic mass is 10.0. The maximum Gasteiger partial charge on any atom is 0.191 e. The Kier molecular flexibility index (Phi) is 4.26. The van der Waals surface area contributed by atoms with Crippen LogP contribution in [0.4, 0.5) is 11.6 Å². The Balaban J connectivity index is 1.93. The van der Waals surface area contributed by atoms with Crippen molar-refractivity contribution in [3.63, 3.8) is 0 Å². The molecule has 0 atom stereocenters. The highest BCUT2D eigenvalue weighted by atomic mass is 32.2. The lowest BCUT2D eigenvalue weighted by Crippen LogP contribution is -2.24. The lowest BCUT2D eigenvalue weighted by molar-refractivity contribution is 0.744. The number of nitrogens with zero attached hydrogens (tertiary/aromatic N) is 3. The third kappa shape index (κ3) is 3.11. The van der Waals surface area contributed by atoms with Crippen LogP contribution in [0.5, 0.6) is 0 Å². The number of anilines is 2. The van der Waals surface area contributed by atoms with E-state index in [1.54, 1.807) is 0 Å². The summed E-state index contributed by atoms with van der Waals surface area (Å²) in [5.41, 5.74) is 5.44. The fourth-order valence-electron chi connectivity index (χ4n) is 2.64. The molecule has 21 heavy (non-hydrogen) atoms. The molecule has 1 aromatic carbocycles. The Morgan fingerprint density at radius 2 is 2.05 bits per heavy atom. The summed E-state index contributed by atoms with van der Waals surface area (Å²) in [7, 11) is 0. The summed E-state index contributed by atoms with van der Waals surface area (Å²) in [6.07, 6.45) is 4.22. The van der Waals surface area contributed by atoms with Crippen LogP contribution in [0.2, 0.25) is 0 Å². The molecule has 1 aromatic heterocycles.